The zero-order valence-corrected chi connectivity index (χ0v) is 11.2. The minimum absolute atomic E-state index is 0.0106. The van der Waals surface area contributed by atoms with Crippen LogP contribution in [0.3, 0.4) is 0 Å². The number of nitrogens with zero attached hydrogens (tertiary/aromatic N) is 2. The fraction of sp³-hybridized carbons (Fsp3) is 0.846. The third-order valence-electron chi connectivity index (χ3n) is 3.84. The Hall–Kier alpha value is -0.980. The van der Waals surface area contributed by atoms with E-state index in [1.54, 1.807) is 0 Å². The molecule has 3 unspecified atom stereocenters. The molecule has 1 aromatic rings. The highest BCUT2D eigenvalue weighted by Crippen LogP contribution is 2.42. The van der Waals surface area contributed by atoms with Gasteiger partial charge in [0, 0.05) is 19.3 Å². The molecule has 1 aromatic heterocycles. The summed E-state index contributed by atoms with van der Waals surface area (Å²) >= 11 is 0. The van der Waals surface area contributed by atoms with Crippen LogP contribution in [0.2, 0.25) is 0 Å². The molecule has 0 spiro atoms. The SMILES string of the molecule is CCOC(c1noc(C2COCCC2N)n1)C1CC1. The first-order valence-corrected chi connectivity index (χ1v) is 7.08. The Kier molecular flexibility index (Phi) is 3.81. The van der Waals surface area contributed by atoms with Crippen LogP contribution in [0.1, 0.15) is 49.9 Å². The van der Waals surface area contributed by atoms with Gasteiger partial charge in [-0.15, -0.1) is 0 Å². The molecular formula is C13H21N3O3. The van der Waals surface area contributed by atoms with Gasteiger partial charge in [-0.2, -0.15) is 4.98 Å². The van der Waals surface area contributed by atoms with E-state index in [1.165, 1.54) is 12.8 Å². The van der Waals surface area contributed by atoms with Crippen molar-refractivity contribution >= 4 is 0 Å². The van der Waals surface area contributed by atoms with Gasteiger partial charge in [0.15, 0.2) is 0 Å². The normalized spacial score (nSPS) is 29.4. The van der Waals surface area contributed by atoms with Gasteiger partial charge in [0.1, 0.15) is 6.10 Å². The fourth-order valence-electron chi connectivity index (χ4n) is 2.52. The molecule has 0 radical (unpaired) electrons. The molecule has 2 fully saturated rings. The lowest BCUT2D eigenvalue weighted by molar-refractivity contribution is 0.0384. The van der Waals surface area contributed by atoms with Crippen LogP contribution < -0.4 is 5.73 Å². The van der Waals surface area contributed by atoms with Gasteiger partial charge in [-0.1, -0.05) is 5.16 Å². The molecular weight excluding hydrogens is 246 g/mol. The van der Waals surface area contributed by atoms with Crippen LogP contribution in [0.15, 0.2) is 4.52 Å². The van der Waals surface area contributed by atoms with Crippen molar-refractivity contribution in [3.05, 3.63) is 11.7 Å². The van der Waals surface area contributed by atoms with Gasteiger partial charge < -0.3 is 19.7 Å². The van der Waals surface area contributed by atoms with Crippen molar-refractivity contribution in [2.75, 3.05) is 19.8 Å². The third kappa shape index (κ3) is 2.80. The Morgan fingerprint density at radius 1 is 1.42 bits per heavy atom. The van der Waals surface area contributed by atoms with Crippen LogP contribution in [0.4, 0.5) is 0 Å². The summed E-state index contributed by atoms with van der Waals surface area (Å²) in [7, 11) is 0. The first kappa shape index (κ1) is 13.0. The highest BCUT2D eigenvalue weighted by atomic mass is 16.5. The molecule has 106 valence electrons. The number of ether oxygens (including phenoxy) is 2. The number of aromatic nitrogens is 2. The van der Waals surface area contributed by atoms with E-state index in [9.17, 15) is 0 Å². The van der Waals surface area contributed by atoms with Crippen molar-refractivity contribution in [1.82, 2.24) is 10.1 Å². The lowest BCUT2D eigenvalue weighted by Crippen LogP contribution is -2.37. The maximum absolute atomic E-state index is 6.09. The largest absolute Gasteiger partial charge is 0.381 e. The molecule has 19 heavy (non-hydrogen) atoms. The number of nitrogens with two attached hydrogens (primary N) is 1. The smallest absolute Gasteiger partial charge is 0.233 e. The zero-order valence-electron chi connectivity index (χ0n) is 11.2. The van der Waals surface area contributed by atoms with E-state index >= 15 is 0 Å². The molecule has 2 heterocycles. The minimum atomic E-state index is -0.0248. The van der Waals surface area contributed by atoms with Gasteiger partial charge in [-0.3, -0.25) is 0 Å². The molecule has 0 aromatic carbocycles. The summed E-state index contributed by atoms with van der Waals surface area (Å²) in [6.07, 6.45) is 3.17. The van der Waals surface area contributed by atoms with Crippen molar-refractivity contribution in [2.45, 2.75) is 44.2 Å². The van der Waals surface area contributed by atoms with Crippen LogP contribution in [-0.4, -0.2) is 36.0 Å². The summed E-state index contributed by atoms with van der Waals surface area (Å²) in [5.41, 5.74) is 6.09. The maximum atomic E-state index is 6.09. The van der Waals surface area contributed by atoms with E-state index in [-0.39, 0.29) is 18.1 Å². The van der Waals surface area contributed by atoms with Gasteiger partial charge in [-0.25, -0.2) is 0 Å². The van der Waals surface area contributed by atoms with Gasteiger partial charge in [0.2, 0.25) is 11.7 Å². The molecule has 2 aliphatic rings. The second-order valence-corrected chi connectivity index (χ2v) is 5.34. The molecule has 0 amide bonds. The van der Waals surface area contributed by atoms with E-state index < -0.39 is 0 Å². The van der Waals surface area contributed by atoms with Crippen LogP contribution in [0, 0.1) is 5.92 Å². The van der Waals surface area contributed by atoms with Crippen LogP contribution in [-0.2, 0) is 9.47 Å². The Bertz CT molecular complexity index is 401. The summed E-state index contributed by atoms with van der Waals surface area (Å²) in [6, 6.07) is 0.0357. The summed E-state index contributed by atoms with van der Waals surface area (Å²) in [4.78, 5) is 4.50. The molecule has 3 rings (SSSR count). The van der Waals surface area contributed by atoms with Crippen molar-refractivity contribution < 1.29 is 14.0 Å². The molecule has 1 aliphatic heterocycles. The lowest BCUT2D eigenvalue weighted by Gasteiger charge is -2.25. The first-order valence-electron chi connectivity index (χ1n) is 7.08. The van der Waals surface area contributed by atoms with Gasteiger partial charge in [-0.05, 0) is 32.1 Å². The van der Waals surface area contributed by atoms with Gasteiger partial charge in [0.25, 0.3) is 0 Å². The molecule has 2 N–H and O–H groups in total. The standard InChI is InChI=1S/C13H21N3O3/c1-2-18-11(8-3-4-8)12-15-13(19-16-12)9-7-17-6-5-10(9)14/h8-11H,2-7,14H2,1H3. The van der Waals surface area contributed by atoms with Crippen LogP contribution >= 0.6 is 0 Å². The molecule has 1 saturated carbocycles. The third-order valence-corrected chi connectivity index (χ3v) is 3.84. The molecule has 6 nitrogen and oxygen atoms in total. The summed E-state index contributed by atoms with van der Waals surface area (Å²) in [6.45, 7) is 3.92. The lowest BCUT2D eigenvalue weighted by atomic mass is 9.97. The maximum Gasteiger partial charge on any atom is 0.233 e. The Balaban J connectivity index is 1.74. The zero-order chi connectivity index (χ0) is 13.2. The molecule has 1 aliphatic carbocycles. The van der Waals surface area contributed by atoms with Crippen LogP contribution in [0.5, 0.6) is 0 Å². The second-order valence-electron chi connectivity index (χ2n) is 5.34. The first-order chi connectivity index (χ1) is 9.29. The minimum Gasteiger partial charge on any atom is -0.381 e. The van der Waals surface area contributed by atoms with Crippen molar-refractivity contribution in [3.63, 3.8) is 0 Å². The van der Waals surface area contributed by atoms with Gasteiger partial charge >= 0.3 is 0 Å². The monoisotopic (exact) mass is 267 g/mol. The van der Waals surface area contributed by atoms with E-state index in [2.05, 4.69) is 10.1 Å². The van der Waals surface area contributed by atoms with Crippen molar-refractivity contribution in [3.8, 4) is 0 Å². The second kappa shape index (κ2) is 5.56. The molecule has 0 bridgehead atoms. The average Bonchev–Trinajstić information content (AvgIpc) is 3.14. The van der Waals surface area contributed by atoms with E-state index in [1.807, 2.05) is 6.92 Å². The average molecular weight is 267 g/mol. The van der Waals surface area contributed by atoms with Crippen molar-refractivity contribution in [1.29, 1.82) is 0 Å². The van der Waals surface area contributed by atoms with E-state index in [4.69, 9.17) is 19.7 Å². The molecule has 3 atom stereocenters. The quantitative estimate of drug-likeness (QED) is 0.868. The molecule has 1 saturated heterocycles. The highest BCUT2D eigenvalue weighted by Gasteiger charge is 2.37. The predicted octanol–water partition coefficient (Wildman–Crippen LogP) is 1.39. The highest BCUT2D eigenvalue weighted by molar-refractivity contribution is 5.04. The Morgan fingerprint density at radius 3 is 2.95 bits per heavy atom. The summed E-state index contributed by atoms with van der Waals surface area (Å²) < 4.78 is 16.6. The number of rotatable bonds is 5. The predicted molar refractivity (Wildman–Crippen MR) is 67.5 cm³/mol. The van der Waals surface area contributed by atoms with Gasteiger partial charge in [0.05, 0.1) is 12.5 Å². The number of hydrogen-bond donors (Lipinski definition) is 1. The summed E-state index contributed by atoms with van der Waals surface area (Å²) in [5, 5.41) is 4.08. The fourth-order valence-corrected chi connectivity index (χ4v) is 2.52. The number of hydrogen-bond acceptors (Lipinski definition) is 6. The van der Waals surface area contributed by atoms with Crippen LogP contribution in [0.25, 0.3) is 0 Å². The topological polar surface area (TPSA) is 83.4 Å². The van der Waals surface area contributed by atoms with E-state index in [0.717, 1.165) is 6.42 Å². The summed E-state index contributed by atoms with van der Waals surface area (Å²) in [5.74, 6) is 1.81. The molecule has 6 heteroatoms. The Morgan fingerprint density at radius 2 is 2.26 bits per heavy atom. The van der Waals surface area contributed by atoms with E-state index in [0.29, 0.717) is 37.5 Å². The van der Waals surface area contributed by atoms with Crippen molar-refractivity contribution in [2.24, 2.45) is 11.7 Å². The Labute approximate surface area is 112 Å².